The number of benzene rings is 1. The molecule has 4 rings (SSSR count). The molecular weight excluding hydrogens is 242 g/mol. The average molecular weight is 257 g/mol. The molecule has 0 bridgehead atoms. The van der Waals surface area contributed by atoms with Gasteiger partial charge in [0, 0.05) is 5.92 Å². The molecule has 2 aromatic rings. The van der Waals surface area contributed by atoms with Crippen LogP contribution in [0.1, 0.15) is 30.5 Å². The van der Waals surface area contributed by atoms with Crippen LogP contribution in [0.25, 0.3) is 0 Å². The summed E-state index contributed by atoms with van der Waals surface area (Å²) in [5.41, 5.74) is 1.10. The highest BCUT2D eigenvalue weighted by atomic mass is 16.5. The fraction of sp³-hybridized carbons (Fsp3) is 0.429. The molecule has 1 aliphatic heterocycles. The summed E-state index contributed by atoms with van der Waals surface area (Å²) in [5, 5.41) is 4.08. The van der Waals surface area contributed by atoms with E-state index in [0.29, 0.717) is 19.1 Å². The first-order valence-corrected chi connectivity index (χ1v) is 6.69. The van der Waals surface area contributed by atoms with Crippen molar-refractivity contribution >= 4 is 5.69 Å². The van der Waals surface area contributed by atoms with E-state index in [2.05, 4.69) is 21.1 Å². The van der Waals surface area contributed by atoms with Crippen molar-refractivity contribution in [3.8, 4) is 5.75 Å². The van der Waals surface area contributed by atoms with Gasteiger partial charge < -0.3 is 14.2 Å². The summed E-state index contributed by atoms with van der Waals surface area (Å²) >= 11 is 0. The van der Waals surface area contributed by atoms with Crippen molar-refractivity contribution in [2.75, 3.05) is 18.1 Å². The van der Waals surface area contributed by atoms with E-state index in [1.165, 1.54) is 12.8 Å². The third kappa shape index (κ3) is 2.05. The Balaban J connectivity index is 1.56. The third-order valence-electron chi connectivity index (χ3n) is 3.57. The van der Waals surface area contributed by atoms with Gasteiger partial charge >= 0.3 is 0 Å². The van der Waals surface area contributed by atoms with E-state index in [-0.39, 0.29) is 0 Å². The summed E-state index contributed by atoms with van der Waals surface area (Å²) < 4.78 is 10.9. The second-order valence-corrected chi connectivity index (χ2v) is 5.06. The highest BCUT2D eigenvalue weighted by Crippen LogP contribution is 2.39. The van der Waals surface area contributed by atoms with Crippen LogP contribution in [0.4, 0.5) is 5.69 Å². The Morgan fingerprint density at radius 1 is 1.26 bits per heavy atom. The Labute approximate surface area is 111 Å². The molecule has 2 heterocycles. The Hall–Kier alpha value is -2.04. The van der Waals surface area contributed by atoms with Gasteiger partial charge in [0.1, 0.15) is 12.4 Å². The van der Waals surface area contributed by atoms with E-state index in [0.717, 1.165) is 29.7 Å². The van der Waals surface area contributed by atoms with Crippen LogP contribution >= 0.6 is 0 Å². The lowest BCUT2D eigenvalue weighted by molar-refractivity contribution is 0.305. The topological polar surface area (TPSA) is 51.4 Å². The lowest BCUT2D eigenvalue weighted by Crippen LogP contribution is -2.32. The smallest absolute Gasteiger partial charge is 0.229 e. The average Bonchev–Trinajstić information content (AvgIpc) is 3.20. The predicted molar refractivity (Wildman–Crippen MR) is 69.3 cm³/mol. The molecule has 0 radical (unpaired) electrons. The summed E-state index contributed by atoms with van der Waals surface area (Å²) in [4.78, 5) is 6.72. The molecule has 1 aromatic heterocycles. The van der Waals surface area contributed by atoms with Crippen LogP contribution in [0.3, 0.4) is 0 Å². The fourth-order valence-corrected chi connectivity index (χ4v) is 2.39. The van der Waals surface area contributed by atoms with Crippen molar-refractivity contribution in [3.05, 3.63) is 36.0 Å². The fourth-order valence-electron chi connectivity index (χ4n) is 2.39. The van der Waals surface area contributed by atoms with E-state index in [9.17, 15) is 0 Å². The van der Waals surface area contributed by atoms with Gasteiger partial charge in [0.05, 0.1) is 18.8 Å². The van der Waals surface area contributed by atoms with Crippen LogP contribution in [0.5, 0.6) is 5.75 Å². The van der Waals surface area contributed by atoms with E-state index in [1.807, 2.05) is 18.2 Å². The molecule has 0 unspecified atom stereocenters. The van der Waals surface area contributed by atoms with Gasteiger partial charge in [-0.1, -0.05) is 17.3 Å². The summed E-state index contributed by atoms with van der Waals surface area (Å²) in [6.07, 6.45) is 2.37. The molecule has 0 atom stereocenters. The molecule has 1 saturated carbocycles. The first-order valence-electron chi connectivity index (χ1n) is 6.69. The zero-order valence-electron chi connectivity index (χ0n) is 10.6. The number of ether oxygens (including phenoxy) is 1. The second kappa shape index (κ2) is 4.26. The Bertz CT molecular complexity index is 592. The number of anilines is 1. The number of fused-ring (bicyclic) bond motifs is 1. The zero-order valence-corrected chi connectivity index (χ0v) is 10.6. The predicted octanol–water partition coefficient (Wildman–Crippen LogP) is 2.35. The standard InChI is InChI=1S/C14H15N3O2/c1-2-4-12-11(3-1)17(7-8-18-12)9-13-15-14(19-16-13)10-5-6-10/h1-4,10H,5-9H2. The minimum absolute atomic E-state index is 0.512. The van der Waals surface area contributed by atoms with E-state index in [4.69, 9.17) is 9.26 Å². The summed E-state index contributed by atoms with van der Waals surface area (Å²) in [6.45, 7) is 2.23. The number of aromatic nitrogens is 2. The third-order valence-corrected chi connectivity index (χ3v) is 3.57. The van der Waals surface area contributed by atoms with Crippen LogP contribution in [-0.4, -0.2) is 23.3 Å². The van der Waals surface area contributed by atoms with Gasteiger partial charge in [-0.15, -0.1) is 0 Å². The summed E-state index contributed by atoms with van der Waals surface area (Å²) in [6, 6.07) is 8.07. The van der Waals surface area contributed by atoms with Crippen molar-refractivity contribution in [1.29, 1.82) is 0 Å². The number of nitrogens with zero attached hydrogens (tertiary/aromatic N) is 3. The van der Waals surface area contributed by atoms with Gasteiger partial charge in [0.2, 0.25) is 5.89 Å². The molecule has 19 heavy (non-hydrogen) atoms. The molecule has 1 aliphatic carbocycles. The quantitative estimate of drug-likeness (QED) is 0.844. The van der Waals surface area contributed by atoms with Crippen LogP contribution in [-0.2, 0) is 6.54 Å². The number of hydrogen-bond donors (Lipinski definition) is 0. The Morgan fingerprint density at radius 3 is 3.05 bits per heavy atom. The minimum Gasteiger partial charge on any atom is -0.490 e. The summed E-state index contributed by atoms with van der Waals surface area (Å²) in [5.74, 6) is 3.01. The molecule has 0 N–H and O–H groups in total. The molecule has 5 nitrogen and oxygen atoms in total. The number of rotatable bonds is 3. The second-order valence-electron chi connectivity index (χ2n) is 5.06. The molecule has 0 amide bonds. The lowest BCUT2D eigenvalue weighted by atomic mass is 10.2. The van der Waals surface area contributed by atoms with Gasteiger partial charge in [-0.05, 0) is 25.0 Å². The molecule has 2 aliphatic rings. The molecule has 98 valence electrons. The van der Waals surface area contributed by atoms with Crippen LogP contribution in [0.2, 0.25) is 0 Å². The highest BCUT2D eigenvalue weighted by Gasteiger charge is 2.30. The van der Waals surface area contributed by atoms with Crippen molar-refractivity contribution in [2.45, 2.75) is 25.3 Å². The maximum absolute atomic E-state index is 5.64. The summed E-state index contributed by atoms with van der Waals surface area (Å²) in [7, 11) is 0. The molecule has 0 spiro atoms. The first-order chi connectivity index (χ1) is 9.40. The maximum Gasteiger partial charge on any atom is 0.229 e. The first kappa shape index (κ1) is 10.8. The lowest BCUT2D eigenvalue weighted by Gasteiger charge is -2.30. The normalized spacial score (nSPS) is 18.0. The molecule has 0 saturated heterocycles. The highest BCUT2D eigenvalue weighted by molar-refractivity contribution is 5.59. The van der Waals surface area contributed by atoms with Gasteiger partial charge in [0.15, 0.2) is 5.82 Å². The van der Waals surface area contributed by atoms with Gasteiger partial charge in [-0.3, -0.25) is 0 Å². The van der Waals surface area contributed by atoms with Crippen LogP contribution in [0, 0.1) is 0 Å². The zero-order chi connectivity index (χ0) is 12.7. The molecular formula is C14H15N3O2. The monoisotopic (exact) mass is 257 g/mol. The van der Waals surface area contributed by atoms with Gasteiger partial charge in [-0.25, -0.2) is 0 Å². The molecule has 5 heteroatoms. The minimum atomic E-state index is 0.512. The SMILES string of the molecule is c1ccc2c(c1)OCCN2Cc1noc(C2CC2)n1. The van der Waals surface area contributed by atoms with Gasteiger partial charge in [-0.2, -0.15) is 4.98 Å². The number of para-hydroxylation sites is 2. The van der Waals surface area contributed by atoms with E-state index < -0.39 is 0 Å². The van der Waals surface area contributed by atoms with Crippen LogP contribution in [0.15, 0.2) is 28.8 Å². The van der Waals surface area contributed by atoms with E-state index >= 15 is 0 Å². The van der Waals surface area contributed by atoms with Crippen LogP contribution < -0.4 is 9.64 Å². The molecule has 1 fully saturated rings. The molecule has 1 aromatic carbocycles. The number of hydrogen-bond acceptors (Lipinski definition) is 5. The van der Waals surface area contributed by atoms with Crippen molar-refractivity contribution in [3.63, 3.8) is 0 Å². The van der Waals surface area contributed by atoms with Crippen molar-refractivity contribution in [1.82, 2.24) is 10.1 Å². The Morgan fingerprint density at radius 2 is 2.16 bits per heavy atom. The maximum atomic E-state index is 5.64. The van der Waals surface area contributed by atoms with Crippen molar-refractivity contribution in [2.24, 2.45) is 0 Å². The van der Waals surface area contributed by atoms with Gasteiger partial charge in [0.25, 0.3) is 0 Å². The largest absolute Gasteiger partial charge is 0.490 e. The van der Waals surface area contributed by atoms with E-state index in [1.54, 1.807) is 0 Å². The Kier molecular flexibility index (Phi) is 2.43. The van der Waals surface area contributed by atoms with Crippen molar-refractivity contribution < 1.29 is 9.26 Å².